The summed E-state index contributed by atoms with van der Waals surface area (Å²) < 4.78 is 12.6. The van der Waals surface area contributed by atoms with Crippen molar-refractivity contribution in [1.29, 1.82) is 5.26 Å². The van der Waals surface area contributed by atoms with Crippen molar-refractivity contribution in [3.63, 3.8) is 0 Å². The van der Waals surface area contributed by atoms with E-state index in [-0.39, 0.29) is 0 Å². The molecule has 0 aromatic carbocycles. The van der Waals surface area contributed by atoms with Crippen LogP contribution in [-0.4, -0.2) is 34.7 Å². The minimum Gasteiger partial charge on any atom is -0.479 e. The van der Waals surface area contributed by atoms with Crippen LogP contribution in [0.15, 0.2) is 12.4 Å². The molecule has 0 aliphatic carbocycles. The molecule has 0 spiro atoms. The van der Waals surface area contributed by atoms with E-state index in [0.717, 1.165) is 17.0 Å². The maximum atomic E-state index is 9.66. The van der Waals surface area contributed by atoms with Gasteiger partial charge in [-0.15, -0.1) is 0 Å². The highest BCUT2D eigenvalue weighted by Crippen LogP contribution is 2.34. The van der Waals surface area contributed by atoms with Crippen LogP contribution in [0, 0.1) is 18.3 Å². The highest BCUT2D eigenvalue weighted by atomic mass is 16.5. The van der Waals surface area contributed by atoms with Gasteiger partial charge in [0.15, 0.2) is 0 Å². The number of fused-ring (bicyclic) bond motifs is 1. The Kier molecular flexibility index (Phi) is 3.07. The Morgan fingerprint density at radius 2 is 2.20 bits per heavy atom. The fourth-order valence-corrected chi connectivity index (χ4v) is 2.69. The molecule has 0 saturated carbocycles. The van der Waals surface area contributed by atoms with Gasteiger partial charge in [0, 0.05) is 19.4 Å². The molecule has 104 valence electrons. The molecule has 0 amide bonds. The molecule has 2 aromatic heterocycles. The molecule has 20 heavy (non-hydrogen) atoms. The molecule has 0 unspecified atom stereocenters. The van der Waals surface area contributed by atoms with Crippen LogP contribution in [0.5, 0.6) is 5.88 Å². The number of rotatable bonds is 2. The fraction of sp³-hybridized carbons (Fsp3) is 0.500. The summed E-state index contributed by atoms with van der Waals surface area (Å²) in [5.41, 5.74) is 1.02. The Balaban J connectivity index is 2.22. The summed E-state index contributed by atoms with van der Waals surface area (Å²) in [5, 5.41) is 9.66. The smallest absolute Gasteiger partial charge is 0.239 e. The number of aryl methyl sites for hydroxylation is 1. The van der Waals surface area contributed by atoms with Crippen LogP contribution >= 0.6 is 0 Å². The lowest BCUT2D eigenvalue weighted by Crippen LogP contribution is -2.34. The maximum Gasteiger partial charge on any atom is 0.239 e. The first-order chi connectivity index (χ1) is 9.70. The van der Waals surface area contributed by atoms with Crippen molar-refractivity contribution in [2.75, 3.05) is 20.3 Å². The van der Waals surface area contributed by atoms with Crippen molar-refractivity contribution in [1.82, 2.24) is 14.4 Å². The van der Waals surface area contributed by atoms with Gasteiger partial charge in [-0.2, -0.15) is 5.26 Å². The maximum absolute atomic E-state index is 9.66. The van der Waals surface area contributed by atoms with Crippen molar-refractivity contribution in [3.8, 4) is 11.9 Å². The average molecular weight is 272 g/mol. The zero-order valence-electron chi connectivity index (χ0n) is 11.6. The molecule has 0 bridgehead atoms. The number of methoxy groups -OCH3 is 1. The number of nitrogens with zero attached hydrogens (tertiary/aromatic N) is 4. The molecule has 3 heterocycles. The zero-order valence-corrected chi connectivity index (χ0v) is 11.6. The average Bonchev–Trinajstić information content (AvgIpc) is 2.91. The molecule has 1 fully saturated rings. The fourth-order valence-electron chi connectivity index (χ4n) is 2.69. The van der Waals surface area contributed by atoms with E-state index in [4.69, 9.17) is 9.47 Å². The van der Waals surface area contributed by atoms with E-state index in [1.165, 1.54) is 0 Å². The second kappa shape index (κ2) is 4.76. The lowest BCUT2D eigenvalue weighted by Gasteiger charge is -2.29. The summed E-state index contributed by atoms with van der Waals surface area (Å²) in [6, 6.07) is 2.44. The Morgan fingerprint density at radius 3 is 2.85 bits per heavy atom. The van der Waals surface area contributed by atoms with E-state index >= 15 is 0 Å². The summed E-state index contributed by atoms with van der Waals surface area (Å²) >= 11 is 0. The first-order valence-electron chi connectivity index (χ1n) is 6.58. The normalized spacial score (nSPS) is 17.9. The molecular weight excluding hydrogens is 256 g/mol. The number of ether oxygens (including phenoxy) is 2. The highest BCUT2D eigenvalue weighted by Gasteiger charge is 2.38. The van der Waals surface area contributed by atoms with Crippen LogP contribution in [0.25, 0.3) is 5.52 Å². The van der Waals surface area contributed by atoms with E-state index in [0.29, 0.717) is 31.9 Å². The van der Waals surface area contributed by atoms with Gasteiger partial charge in [0.2, 0.25) is 5.88 Å². The van der Waals surface area contributed by atoms with Gasteiger partial charge in [-0.3, -0.25) is 4.40 Å². The second-order valence-corrected chi connectivity index (χ2v) is 5.03. The molecule has 0 radical (unpaired) electrons. The Hall–Kier alpha value is -2.13. The van der Waals surface area contributed by atoms with Gasteiger partial charge >= 0.3 is 0 Å². The largest absolute Gasteiger partial charge is 0.479 e. The molecule has 3 rings (SSSR count). The summed E-state index contributed by atoms with van der Waals surface area (Å²) in [5.74, 6) is 1.28. The van der Waals surface area contributed by atoms with E-state index in [2.05, 4.69) is 16.0 Å². The molecule has 1 aliphatic rings. The first-order valence-corrected chi connectivity index (χ1v) is 6.58. The van der Waals surface area contributed by atoms with Gasteiger partial charge in [0.1, 0.15) is 16.8 Å². The summed E-state index contributed by atoms with van der Waals surface area (Å²) in [6.45, 7) is 3.07. The Labute approximate surface area is 117 Å². The third kappa shape index (κ3) is 1.82. The number of hydrogen-bond acceptors (Lipinski definition) is 5. The van der Waals surface area contributed by atoms with Crippen LogP contribution < -0.4 is 4.74 Å². The van der Waals surface area contributed by atoms with E-state index in [1.807, 2.05) is 17.5 Å². The van der Waals surface area contributed by atoms with Crippen molar-refractivity contribution in [2.45, 2.75) is 25.2 Å². The van der Waals surface area contributed by atoms with Crippen LogP contribution in [0.3, 0.4) is 0 Å². The van der Waals surface area contributed by atoms with Crippen molar-refractivity contribution >= 4 is 5.52 Å². The molecule has 2 aromatic rings. The van der Waals surface area contributed by atoms with Crippen LogP contribution in [-0.2, 0) is 10.2 Å². The van der Waals surface area contributed by atoms with E-state index in [1.54, 1.807) is 13.3 Å². The summed E-state index contributed by atoms with van der Waals surface area (Å²) in [4.78, 5) is 8.81. The molecule has 6 nitrogen and oxygen atoms in total. The second-order valence-electron chi connectivity index (χ2n) is 5.03. The lowest BCUT2D eigenvalue weighted by molar-refractivity contribution is 0.0649. The molecule has 1 saturated heterocycles. The topological polar surface area (TPSA) is 72.4 Å². The summed E-state index contributed by atoms with van der Waals surface area (Å²) in [7, 11) is 1.59. The van der Waals surface area contributed by atoms with Gasteiger partial charge in [0.25, 0.3) is 0 Å². The van der Waals surface area contributed by atoms with E-state index < -0.39 is 5.41 Å². The molecule has 0 atom stereocenters. The van der Waals surface area contributed by atoms with Crippen molar-refractivity contribution in [3.05, 3.63) is 23.9 Å². The number of aromatic nitrogens is 3. The van der Waals surface area contributed by atoms with Gasteiger partial charge < -0.3 is 9.47 Å². The van der Waals surface area contributed by atoms with E-state index in [9.17, 15) is 5.26 Å². The van der Waals surface area contributed by atoms with Gasteiger partial charge in [-0.25, -0.2) is 9.97 Å². The first kappa shape index (κ1) is 12.9. The number of nitriles is 1. The third-order valence-electron chi connectivity index (χ3n) is 3.79. The number of imidazole rings is 1. The Bertz CT molecular complexity index is 680. The standard InChI is InChI=1S/C14H16N4O2/c1-10-8-18-11(12(17-10)19-2)7-16-13(18)14(9-15)3-5-20-6-4-14/h7-8H,3-6H2,1-2H3. The van der Waals surface area contributed by atoms with Crippen LogP contribution in [0.2, 0.25) is 0 Å². The van der Waals surface area contributed by atoms with Crippen molar-refractivity contribution < 1.29 is 9.47 Å². The molecule has 0 N–H and O–H groups in total. The van der Waals surface area contributed by atoms with Gasteiger partial charge in [-0.1, -0.05) is 0 Å². The molecule has 6 heteroatoms. The minimum atomic E-state index is -0.594. The zero-order chi connectivity index (χ0) is 14.2. The van der Waals surface area contributed by atoms with Crippen LogP contribution in [0.4, 0.5) is 0 Å². The SMILES string of the molecule is COc1nc(C)cn2c(C3(C#N)CCOCC3)ncc12. The third-order valence-corrected chi connectivity index (χ3v) is 3.79. The minimum absolute atomic E-state index is 0.531. The molecule has 1 aliphatic heterocycles. The predicted octanol–water partition coefficient (Wildman–Crippen LogP) is 1.62. The molecular formula is C14H16N4O2. The van der Waals surface area contributed by atoms with Gasteiger partial charge in [-0.05, 0) is 19.8 Å². The lowest BCUT2D eigenvalue weighted by atomic mass is 9.81. The quantitative estimate of drug-likeness (QED) is 0.830. The summed E-state index contributed by atoms with van der Waals surface area (Å²) in [6.07, 6.45) is 4.93. The highest BCUT2D eigenvalue weighted by molar-refractivity contribution is 5.57. The Morgan fingerprint density at radius 1 is 1.45 bits per heavy atom. The van der Waals surface area contributed by atoms with Crippen molar-refractivity contribution in [2.24, 2.45) is 0 Å². The van der Waals surface area contributed by atoms with Gasteiger partial charge in [0.05, 0.1) is 25.1 Å². The predicted molar refractivity (Wildman–Crippen MR) is 71.6 cm³/mol. The number of hydrogen-bond donors (Lipinski definition) is 0. The monoisotopic (exact) mass is 272 g/mol. The van der Waals surface area contributed by atoms with Crippen LogP contribution in [0.1, 0.15) is 24.4 Å².